The third kappa shape index (κ3) is 3.84. The van der Waals surface area contributed by atoms with E-state index < -0.39 is 0 Å². The molecular weight excluding hydrogens is 400 g/mol. The Hall–Kier alpha value is -3.67. The van der Waals surface area contributed by atoms with Crippen LogP contribution in [0.5, 0.6) is 0 Å². The second kappa shape index (κ2) is 8.83. The Morgan fingerprint density at radius 3 is 2.47 bits per heavy atom. The maximum atomic E-state index is 13.6. The molecular formula is C26H26N4O2. The Labute approximate surface area is 186 Å². The number of rotatable bonds is 5. The highest BCUT2D eigenvalue weighted by Gasteiger charge is 2.24. The highest BCUT2D eigenvalue weighted by atomic mass is 16.2. The molecule has 2 heterocycles. The molecule has 0 atom stereocenters. The molecule has 6 nitrogen and oxygen atoms in total. The Morgan fingerprint density at radius 1 is 0.969 bits per heavy atom. The maximum Gasteiger partial charge on any atom is 0.279 e. The van der Waals surface area contributed by atoms with Gasteiger partial charge in [-0.1, -0.05) is 37.5 Å². The van der Waals surface area contributed by atoms with Gasteiger partial charge >= 0.3 is 0 Å². The number of aromatic nitrogens is 3. The first-order valence-electron chi connectivity index (χ1n) is 11.2. The zero-order valence-electron chi connectivity index (χ0n) is 17.9. The van der Waals surface area contributed by atoms with Gasteiger partial charge in [0.2, 0.25) is 0 Å². The highest BCUT2D eigenvalue weighted by Crippen LogP contribution is 2.31. The Bertz CT molecular complexity index is 1290. The van der Waals surface area contributed by atoms with E-state index in [-0.39, 0.29) is 17.5 Å². The summed E-state index contributed by atoms with van der Waals surface area (Å²) >= 11 is 0. The minimum absolute atomic E-state index is 0.0828. The van der Waals surface area contributed by atoms with E-state index in [0.717, 1.165) is 29.6 Å². The lowest BCUT2D eigenvalue weighted by molar-refractivity contribution is 0.0951. The van der Waals surface area contributed by atoms with Crippen LogP contribution in [0.25, 0.3) is 16.6 Å². The van der Waals surface area contributed by atoms with Crippen molar-refractivity contribution in [3.8, 4) is 5.69 Å². The maximum absolute atomic E-state index is 13.6. The number of para-hydroxylation sites is 1. The second-order valence-electron chi connectivity index (χ2n) is 8.36. The first kappa shape index (κ1) is 20.2. The van der Waals surface area contributed by atoms with Gasteiger partial charge in [-0.3, -0.25) is 19.3 Å². The van der Waals surface area contributed by atoms with E-state index in [4.69, 9.17) is 0 Å². The third-order valence-corrected chi connectivity index (χ3v) is 6.27. The smallest absolute Gasteiger partial charge is 0.279 e. The van der Waals surface area contributed by atoms with Crippen molar-refractivity contribution in [2.24, 2.45) is 0 Å². The molecule has 1 N–H and O–H groups in total. The summed E-state index contributed by atoms with van der Waals surface area (Å²) in [5, 5.41) is 3.51. The molecule has 0 aliphatic heterocycles. The fourth-order valence-corrected chi connectivity index (χ4v) is 4.65. The van der Waals surface area contributed by atoms with Gasteiger partial charge in [0, 0.05) is 24.5 Å². The number of hydrogen-bond donors (Lipinski definition) is 1. The minimum atomic E-state index is -0.195. The van der Waals surface area contributed by atoms with Crippen molar-refractivity contribution in [3.05, 3.63) is 94.5 Å². The van der Waals surface area contributed by atoms with E-state index in [1.807, 2.05) is 54.6 Å². The molecule has 6 heteroatoms. The van der Waals surface area contributed by atoms with E-state index in [1.54, 1.807) is 23.1 Å². The molecule has 1 aliphatic rings. The van der Waals surface area contributed by atoms with Crippen molar-refractivity contribution in [1.29, 1.82) is 0 Å². The lowest BCUT2D eigenvalue weighted by Crippen LogP contribution is -2.25. The molecule has 0 radical (unpaired) electrons. The normalized spacial score (nSPS) is 14.5. The van der Waals surface area contributed by atoms with Crippen molar-refractivity contribution in [2.45, 2.75) is 44.7 Å². The molecule has 2 aromatic heterocycles. The van der Waals surface area contributed by atoms with E-state index in [1.165, 1.54) is 19.3 Å². The first-order chi connectivity index (χ1) is 15.7. The molecule has 0 saturated heterocycles. The van der Waals surface area contributed by atoms with Crippen LogP contribution in [0.4, 0.5) is 0 Å². The van der Waals surface area contributed by atoms with Crippen LogP contribution in [-0.2, 0) is 6.54 Å². The molecule has 0 spiro atoms. The standard InChI is InChI=1S/C26H26N4O2/c31-25(28-18-19-13-15-27-16-14-19)20-11-12-24-23(17-20)26(32)30(22-9-5-2-6-10-22)29(24)21-7-3-1-4-8-21/h2,5-6,9-17,21H,1,3-4,7-8,18H2,(H,28,31). The average molecular weight is 427 g/mol. The van der Waals surface area contributed by atoms with Gasteiger partial charge in [-0.15, -0.1) is 0 Å². The van der Waals surface area contributed by atoms with Gasteiger partial charge in [0.15, 0.2) is 0 Å². The van der Waals surface area contributed by atoms with Crippen LogP contribution >= 0.6 is 0 Å². The van der Waals surface area contributed by atoms with E-state index >= 15 is 0 Å². The Kier molecular flexibility index (Phi) is 5.58. The van der Waals surface area contributed by atoms with E-state index in [0.29, 0.717) is 17.5 Å². The molecule has 4 aromatic rings. The topological polar surface area (TPSA) is 68.9 Å². The number of fused-ring (bicyclic) bond motifs is 1. The van der Waals surface area contributed by atoms with Crippen LogP contribution in [-0.4, -0.2) is 20.3 Å². The monoisotopic (exact) mass is 426 g/mol. The van der Waals surface area contributed by atoms with Gasteiger partial charge in [0.05, 0.1) is 22.6 Å². The summed E-state index contributed by atoms with van der Waals surface area (Å²) in [5.74, 6) is -0.195. The molecule has 0 unspecified atom stereocenters. The predicted molar refractivity (Wildman–Crippen MR) is 125 cm³/mol. The predicted octanol–water partition coefficient (Wildman–Crippen LogP) is 4.62. The molecule has 2 aromatic carbocycles. The number of carbonyl (C=O) groups is 1. The van der Waals surface area contributed by atoms with Crippen molar-refractivity contribution in [2.75, 3.05) is 0 Å². The van der Waals surface area contributed by atoms with Crippen LogP contribution in [0.3, 0.4) is 0 Å². The van der Waals surface area contributed by atoms with Gasteiger partial charge in [-0.25, -0.2) is 4.68 Å². The van der Waals surface area contributed by atoms with Crippen molar-refractivity contribution < 1.29 is 4.79 Å². The van der Waals surface area contributed by atoms with Crippen LogP contribution in [0, 0.1) is 0 Å². The summed E-state index contributed by atoms with van der Waals surface area (Å²) in [5.41, 5.74) is 3.12. The zero-order chi connectivity index (χ0) is 21.9. The fourth-order valence-electron chi connectivity index (χ4n) is 4.65. The van der Waals surface area contributed by atoms with Crippen molar-refractivity contribution in [1.82, 2.24) is 19.7 Å². The highest BCUT2D eigenvalue weighted by molar-refractivity contribution is 5.98. The number of pyridine rings is 1. The summed E-state index contributed by atoms with van der Waals surface area (Å²) in [6.45, 7) is 0.413. The Balaban J connectivity index is 1.55. The lowest BCUT2D eigenvalue weighted by atomic mass is 9.95. The van der Waals surface area contributed by atoms with Gasteiger partial charge in [0.1, 0.15) is 0 Å². The number of hydrogen-bond acceptors (Lipinski definition) is 3. The molecule has 0 bridgehead atoms. The van der Waals surface area contributed by atoms with E-state index in [9.17, 15) is 9.59 Å². The number of amides is 1. The Morgan fingerprint density at radius 2 is 1.72 bits per heavy atom. The molecule has 5 rings (SSSR count). The molecule has 162 valence electrons. The number of benzene rings is 2. The number of nitrogens with one attached hydrogen (secondary N) is 1. The SMILES string of the molecule is O=C(NCc1ccncc1)c1ccc2c(c1)c(=O)n(-c1ccccc1)n2C1CCCCC1. The summed E-state index contributed by atoms with van der Waals surface area (Å²) in [4.78, 5) is 30.3. The van der Waals surface area contributed by atoms with Gasteiger partial charge < -0.3 is 5.32 Å². The number of carbonyl (C=O) groups excluding carboxylic acids is 1. The average Bonchev–Trinajstić information content (AvgIpc) is 3.16. The largest absolute Gasteiger partial charge is 0.348 e. The van der Waals surface area contributed by atoms with Crippen LogP contribution in [0.2, 0.25) is 0 Å². The molecule has 1 saturated carbocycles. The van der Waals surface area contributed by atoms with Gasteiger partial charge in [-0.2, -0.15) is 0 Å². The molecule has 1 aliphatic carbocycles. The van der Waals surface area contributed by atoms with Gasteiger partial charge in [-0.05, 0) is 60.9 Å². The van der Waals surface area contributed by atoms with E-state index in [2.05, 4.69) is 15.0 Å². The van der Waals surface area contributed by atoms with Crippen LogP contribution in [0.1, 0.15) is 54.1 Å². The molecule has 1 amide bonds. The van der Waals surface area contributed by atoms with Crippen LogP contribution < -0.4 is 10.9 Å². The second-order valence-corrected chi connectivity index (χ2v) is 8.36. The fraction of sp³-hybridized carbons (Fsp3) is 0.269. The van der Waals surface area contributed by atoms with Gasteiger partial charge in [0.25, 0.3) is 11.5 Å². The van der Waals surface area contributed by atoms with Crippen LogP contribution in [0.15, 0.2) is 77.9 Å². The molecule has 1 fully saturated rings. The quantitative estimate of drug-likeness (QED) is 0.506. The number of nitrogens with zero attached hydrogens (tertiary/aromatic N) is 3. The summed E-state index contributed by atoms with van der Waals surface area (Å²) < 4.78 is 3.95. The van der Waals surface area contributed by atoms with Crippen molar-refractivity contribution in [3.63, 3.8) is 0 Å². The molecule has 32 heavy (non-hydrogen) atoms. The zero-order valence-corrected chi connectivity index (χ0v) is 17.9. The third-order valence-electron chi connectivity index (χ3n) is 6.27. The summed E-state index contributed by atoms with van der Waals surface area (Å²) in [6, 6.07) is 19.3. The lowest BCUT2D eigenvalue weighted by Gasteiger charge is -2.26. The summed E-state index contributed by atoms with van der Waals surface area (Å²) in [7, 11) is 0. The first-order valence-corrected chi connectivity index (χ1v) is 11.2. The van der Waals surface area contributed by atoms with Crippen molar-refractivity contribution >= 4 is 16.8 Å². The minimum Gasteiger partial charge on any atom is -0.348 e. The summed E-state index contributed by atoms with van der Waals surface area (Å²) in [6.07, 6.45) is 9.11.